The number of rotatable bonds is 6. The van der Waals surface area contributed by atoms with Crippen LogP contribution in [0.2, 0.25) is 0 Å². The van der Waals surface area contributed by atoms with Crippen LogP contribution in [0.5, 0.6) is 11.6 Å². The number of amides is 1. The Morgan fingerprint density at radius 2 is 1.86 bits per heavy atom. The van der Waals surface area contributed by atoms with Gasteiger partial charge in [-0.05, 0) is 24.3 Å². The molecule has 0 saturated carbocycles. The smallest absolute Gasteiger partial charge is 0.422 e. The Kier molecular flexibility index (Phi) is 6.48. The van der Waals surface area contributed by atoms with Crippen LogP contribution in [0, 0.1) is 5.82 Å². The first-order valence-corrected chi connectivity index (χ1v) is 11.3. The molecule has 0 radical (unpaired) electrons. The molecule has 3 aromatic rings. The summed E-state index contributed by atoms with van der Waals surface area (Å²) in [6.45, 7) is -0.208. The highest BCUT2D eigenvalue weighted by Gasteiger charge is 2.33. The van der Waals surface area contributed by atoms with E-state index < -0.39 is 18.6 Å². The summed E-state index contributed by atoms with van der Waals surface area (Å²) in [5, 5.41) is 0. The number of benzene rings is 1. The van der Waals surface area contributed by atoms with E-state index in [-0.39, 0.29) is 35.6 Å². The Morgan fingerprint density at radius 3 is 2.58 bits per heavy atom. The van der Waals surface area contributed by atoms with Gasteiger partial charge in [0.2, 0.25) is 5.88 Å². The molecule has 0 aliphatic carbocycles. The highest BCUT2D eigenvalue weighted by Crippen LogP contribution is 2.38. The molecule has 4 heterocycles. The summed E-state index contributed by atoms with van der Waals surface area (Å²) in [6.07, 6.45) is -0.116. The molecule has 1 fully saturated rings. The van der Waals surface area contributed by atoms with Gasteiger partial charge in [-0.15, -0.1) is 0 Å². The molecule has 2 aliphatic rings. The first kappa shape index (κ1) is 24.0. The largest absolute Gasteiger partial charge is 0.483 e. The first-order valence-electron chi connectivity index (χ1n) is 11.3. The highest BCUT2D eigenvalue weighted by molar-refractivity contribution is 6.11. The quantitative estimate of drug-likeness (QED) is 0.444. The Labute approximate surface area is 203 Å². The Hall–Kier alpha value is -3.73. The predicted molar refractivity (Wildman–Crippen MR) is 120 cm³/mol. The predicted octanol–water partition coefficient (Wildman–Crippen LogP) is 4.94. The summed E-state index contributed by atoms with van der Waals surface area (Å²) >= 11 is 0. The fourth-order valence-corrected chi connectivity index (χ4v) is 4.21. The zero-order chi connectivity index (χ0) is 25.3. The van der Waals surface area contributed by atoms with E-state index in [0.29, 0.717) is 35.9 Å². The van der Waals surface area contributed by atoms with E-state index >= 15 is 0 Å². The molecular formula is C25H21F4N3O4. The third-order valence-electron chi connectivity index (χ3n) is 5.93. The maximum absolute atomic E-state index is 13.8. The van der Waals surface area contributed by atoms with Crippen molar-refractivity contribution in [3.8, 4) is 22.9 Å². The Balaban J connectivity index is 1.40. The van der Waals surface area contributed by atoms with Gasteiger partial charge in [0.1, 0.15) is 17.7 Å². The Bertz CT molecular complexity index is 1260. The highest BCUT2D eigenvalue weighted by atomic mass is 19.4. The molecule has 36 heavy (non-hydrogen) atoms. The van der Waals surface area contributed by atoms with Crippen LogP contribution in [0.15, 0.2) is 48.8 Å². The fraction of sp³-hybridized carbons (Fsp3) is 0.320. The molecule has 11 heteroatoms. The normalized spacial score (nSPS) is 16.2. The molecule has 2 aliphatic heterocycles. The van der Waals surface area contributed by atoms with E-state index in [2.05, 4.69) is 9.97 Å². The molecule has 0 atom stereocenters. The van der Waals surface area contributed by atoms with Gasteiger partial charge in [-0.25, -0.2) is 9.37 Å². The second-order valence-electron chi connectivity index (χ2n) is 8.41. The van der Waals surface area contributed by atoms with Crippen LogP contribution in [0.1, 0.15) is 28.8 Å². The lowest BCUT2D eigenvalue weighted by molar-refractivity contribution is -0.153. The van der Waals surface area contributed by atoms with Gasteiger partial charge < -0.3 is 19.1 Å². The van der Waals surface area contributed by atoms with E-state index in [0.717, 1.165) is 25.0 Å². The molecule has 0 N–H and O–H groups in total. The summed E-state index contributed by atoms with van der Waals surface area (Å²) in [6, 6.07) is 8.21. The van der Waals surface area contributed by atoms with Crippen LogP contribution in [0.3, 0.4) is 0 Å². The molecule has 188 valence electrons. The number of aromatic nitrogens is 2. The molecule has 0 unspecified atom stereocenters. The molecule has 0 spiro atoms. The third-order valence-corrected chi connectivity index (χ3v) is 5.93. The van der Waals surface area contributed by atoms with Gasteiger partial charge in [0.25, 0.3) is 5.91 Å². The summed E-state index contributed by atoms with van der Waals surface area (Å²) in [7, 11) is 0. The van der Waals surface area contributed by atoms with Gasteiger partial charge >= 0.3 is 6.18 Å². The topological polar surface area (TPSA) is 73.8 Å². The standard InChI is InChI=1S/C25H21F4N3O4/c26-15-1-3-19(21(11-15)35-14-25(27,28)29)23-20-13-32(24(33)18(20)5-8-30-23)16-2-4-22(31-12-16)36-17-6-9-34-10-7-17/h1-5,8,11-12,17H,6-7,9-10,13-14H2. The van der Waals surface area contributed by atoms with Crippen molar-refractivity contribution in [2.24, 2.45) is 0 Å². The van der Waals surface area contributed by atoms with Crippen LogP contribution < -0.4 is 14.4 Å². The van der Waals surface area contributed by atoms with Gasteiger partial charge in [-0.2, -0.15) is 13.2 Å². The van der Waals surface area contributed by atoms with Crippen LogP contribution in [0.25, 0.3) is 11.3 Å². The Morgan fingerprint density at radius 1 is 1.06 bits per heavy atom. The maximum atomic E-state index is 13.8. The van der Waals surface area contributed by atoms with E-state index in [4.69, 9.17) is 14.2 Å². The molecule has 0 bridgehead atoms. The number of carbonyl (C=O) groups is 1. The zero-order valence-electron chi connectivity index (χ0n) is 18.9. The van der Waals surface area contributed by atoms with Gasteiger partial charge in [0, 0.05) is 47.9 Å². The lowest BCUT2D eigenvalue weighted by Crippen LogP contribution is -2.26. The monoisotopic (exact) mass is 503 g/mol. The molecule has 1 aromatic carbocycles. The molecule has 1 saturated heterocycles. The maximum Gasteiger partial charge on any atom is 0.422 e. The van der Waals surface area contributed by atoms with Crippen molar-refractivity contribution in [1.82, 2.24) is 9.97 Å². The number of alkyl halides is 3. The number of anilines is 1. The lowest BCUT2D eigenvalue weighted by atomic mass is 10.0. The third kappa shape index (κ3) is 5.11. The number of hydrogen-bond donors (Lipinski definition) is 0. The second-order valence-corrected chi connectivity index (χ2v) is 8.41. The number of hydrogen-bond acceptors (Lipinski definition) is 6. The lowest BCUT2D eigenvalue weighted by Gasteiger charge is -2.23. The van der Waals surface area contributed by atoms with Crippen molar-refractivity contribution in [3.05, 3.63) is 65.7 Å². The zero-order valence-corrected chi connectivity index (χ0v) is 18.9. The van der Waals surface area contributed by atoms with Crippen molar-refractivity contribution in [2.75, 3.05) is 24.7 Å². The fourth-order valence-electron chi connectivity index (χ4n) is 4.21. The number of pyridine rings is 2. The summed E-state index contributed by atoms with van der Waals surface area (Å²) < 4.78 is 68.1. The minimum atomic E-state index is -4.60. The number of nitrogens with zero attached hydrogens (tertiary/aromatic N) is 3. The van der Waals surface area contributed by atoms with Crippen molar-refractivity contribution in [3.63, 3.8) is 0 Å². The second kappa shape index (κ2) is 9.73. The SMILES string of the molecule is O=C1c2ccnc(-c3ccc(F)cc3OCC(F)(F)F)c2CN1c1ccc(OC2CCOCC2)nc1. The first-order chi connectivity index (χ1) is 17.3. The molecule has 2 aromatic heterocycles. The summed E-state index contributed by atoms with van der Waals surface area (Å²) in [5.74, 6) is -0.936. The van der Waals surface area contributed by atoms with Gasteiger partial charge in [0.05, 0.1) is 37.3 Å². The van der Waals surface area contributed by atoms with E-state index in [1.54, 1.807) is 12.1 Å². The summed E-state index contributed by atoms with van der Waals surface area (Å²) in [5.41, 5.74) is 1.76. The molecule has 1 amide bonds. The minimum Gasteiger partial charge on any atom is -0.483 e. The minimum absolute atomic E-state index is 0.0212. The van der Waals surface area contributed by atoms with Crippen LogP contribution in [-0.2, 0) is 11.3 Å². The van der Waals surface area contributed by atoms with Crippen LogP contribution in [-0.4, -0.2) is 48.0 Å². The van der Waals surface area contributed by atoms with Crippen LogP contribution in [0.4, 0.5) is 23.2 Å². The molecule has 7 nitrogen and oxygen atoms in total. The van der Waals surface area contributed by atoms with Gasteiger partial charge in [-0.1, -0.05) is 0 Å². The summed E-state index contributed by atoms with van der Waals surface area (Å²) in [4.78, 5) is 23.3. The van der Waals surface area contributed by atoms with E-state index in [9.17, 15) is 22.4 Å². The van der Waals surface area contributed by atoms with Crippen molar-refractivity contribution >= 4 is 11.6 Å². The average Bonchev–Trinajstić information content (AvgIpc) is 3.20. The number of ether oxygens (including phenoxy) is 3. The number of fused-ring (bicyclic) bond motifs is 1. The van der Waals surface area contributed by atoms with Crippen molar-refractivity contribution < 1.29 is 36.6 Å². The molecular weight excluding hydrogens is 482 g/mol. The van der Waals surface area contributed by atoms with Crippen LogP contribution >= 0.6 is 0 Å². The van der Waals surface area contributed by atoms with E-state index in [1.807, 2.05) is 0 Å². The van der Waals surface area contributed by atoms with Gasteiger partial charge in [-0.3, -0.25) is 9.78 Å². The molecule has 5 rings (SSSR count). The number of carbonyl (C=O) groups excluding carboxylic acids is 1. The van der Waals surface area contributed by atoms with Crippen molar-refractivity contribution in [2.45, 2.75) is 31.7 Å². The average molecular weight is 503 g/mol. The van der Waals surface area contributed by atoms with E-state index in [1.165, 1.54) is 29.4 Å². The van der Waals surface area contributed by atoms with Gasteiger partial charge in [0.15, 0.2) is 6.61 Å². The number of halogens is 4. The van der Waals surface area contributed by atoms with Crippen molar-refractivity contribution in [1.29, 1.82) is 0 Å².